The van der Waals surface area contributed by atoms with Gasteiger partial charge in [0.2, 0.25) is 6.79 Å². The summed E-state index contributed by atoms with van der Waals surface area (Å²) in [4.78, 5) is 12.6. The lowest BCUT2D eigenvalue weighted by molar-refractivity contribution is -0.148. The lowest BCUT2D eigenvalue weighted by atomic mass is 9.84. The largest absolute Gasteiger partial charge is 0.504 e. The molecule has 1 N–H and O–H groups in total. The molecule has 2 aromatic carbocycles. The Hall–Kier alpha value is -2.93. The average molecular weight is 370 g/mol. The van der Waals surface area contributed by atoms with Gasteiger partial charge in [-0.05, 0) is 35.4 Å². The van der Waals surface area contributed by atoms with E-state index in [-0.39, 0.29) is 30.5 Å². The first-order valence-corrected chi connectivity index (χ1v) is 8.74. The average Bonchev–Trinajstić information content (AvgIpc) is 3.38. The first-order chi connectivity index (χ1) is 13.2. The Morgan fingerprint density at radius 3 is 2.67 bits per heavy atom. The van der Waals surface area contributed by atoms with Crippen LogP contribution in [0.1, 0.15) is 23.3 Å². The number of methoxy groups -OCH3 is 1. The number of carbonyl (C=O) groups is 1. The third-order valence-corrected chi connectivity index (χ3v) is 5.42. The van der Waals surface area contributed by atoms with Gasteiger partial charge < -0.3 is 28.8 Å². The third kappa shape index (κ3) is 2.49. The second-order valence-electron chi connectivity index (χ2n) is 6.85. The summed E-state index contributed by atoms with van der Waals surface area (Å²) in [5.41, 5.74) is 1.65. The van der Waals surface area contributed by atoms with E-state index in [0.717, 1.165) is 11.1 Å². The molecule has 2 unspecified atom stereocenters. The smallest absolute Gasteiger partial charge is 0.313 e. The molecule has 2 saturated heterocycles. The highest BCUT2D eigenvalue weighted by atomic mass is 16.7. The molecule has 5 rings (SSSR count). The number of carbonyl (C=O) groups excluding carboxylic acids is 1. The molecule has 3 aliphatic rings. The van der Waals surface area contributed by atoms with Crippen LogP contribution in [0.3, 0.4) is 0 Å². The Morgan fingerprint density at radius 2 is 1.81 bits per heavy atom. The molecule has 27 heavy (non-hydrogen) atoms. The van der Waals surface area contributed by atoms with Crippen molar-refractivity contribution in [3.05, 3.63) is 47.5 Å². The summed E-state index contributed by atoms with van der Waals surface area (Å²) in [6.45, 7) is 0.604. The summed E-state index contributed by atoms with van der Waals surface area (Å²) in [6.07, 6.45) is -0.822. The van der Waals surface area contributed by atoms with Crippen LogP contribution in [0.5, 0.6) is 23.0 Å². The topological polar surface area (TPSA) is 83.5 Å². The van der Waals surface area contributed by atoms with E-state index in [0.29, 0.717) is 23.9 Å². The molecule has 0 saturated carbocycles. The van der Waals surface area contributed by atoms with Crippen LogP contribution in [0.2, 0.25) is 0 Å². The van der Waals surface area contributed by atoms with E-state index in [1.165, 1.54) is 7.11 Å². The fourth-order valence-electron chi connectivity index (χ4n) is 4.09. The second kappa shape index (κ2) is 6.06. The van der Waals surface area contributed by atoms with Gasteiger partial charge in [0.15, 0.2) is 23.0 Å². The molecule has 7 heteroatoms. The van der Waals surface area contributed by atoms with Crippen molar-refractivity contribution >= 4 is 5.97 Å². The maximum Gasteiger partial charge on any atom is 0.313 e. The number of cyclic esters (lactones) is 1. The maximum absolute atomic E-state index is 12.6. The third-order valence-electron chi connectivity index (χ3n) is 5.42. The zero-order valence-electron chi connectivity index (χ0n) is 14.6. The standard InChI is InChI=1S/C20H18O7/c1-23-15-6-11(2-4-13(15)21)19-17-12(8-24-19)18(27-20(17)22)10-3-5-14-16(7-10)26-9-25-14/h2-7,12,17-19,21H,8-9H2,1H3/t12?,17?,18-,19-/m0/s1. The van der Waals surface area contributed by atoms with Gasteiger partial charge in [-0.2, -0.15) is 0 Å². The molecule has 3 heterocycles. The van der Waals surface area contributed by atoms with Crippen LogP contribution < -0.4 is 14.2 Å². The van der Waals surface area contributed by atoms with Gasteiger partial charge in [-0.1, -0.05) is 12.1 Å². The highest BCUT2D eigenvalue weighted by molar-refractivity contribution is 5.77. The van der Waals surface area contributed by atoms with E-state index in [4.69, 9.17) is 23.7 Å². The summed E-state index contributed by atoms with van der Waals surface area (Å²) >= 11 is 0. The van der Waals surface area contributed by atoms with Crippen LogP contribution in [0, 0.1) is 11.8 Å². The Labute approximate surface area is 155 Å². The summed E-state index contributed by atoms with van der Waals surface area (Å²) in [5, 5.41) is 9.81. The monoisotopic (exact) mass is 370 g/mol. The molecule has 0 radical (unpaired) electrons. The fraction of sp³-hybridized carbons (Fsp3) is 0.350. The molecule has 2 fully saturated rings. The number of hydrogen-bond acceptors (Lipinski definition) is 7. The predicted octanol–water partition coefficient (Wildman–Crippen LogP) is 2.73. The van der Waals surface area contributed by atoms with E-state index in [9.17, 15) is 9.90 Å². The molecule has 0 aliphatic carbocycles. The lowest BCUT2D eigenvalue weighted by Crippen LogP contribution is -2.17. The van der Waals surface area contributed by atoms with E-state index in [1.54, 1.807) is 18.2 Å². The minimum atomic E-state index is -0.434. The number of fused-ring (bicyclic) bond motifs is 2. The van der Waals surface area contributed by atoms with Crippen LogP contribution in [-0.2, 0) is 14.3 Å². The van der Waals surface area contributed by atoms with Gasteiger partial charge in [0, 0.05) is 5.92 Å². The Kier molecular flexibility index (Phi) is 3.65. The van der Waals surface area contributed by atoms with Crippen molar-refractivity contribution in [2.75, 3.05) is 20.5 Å². The van der Waals surface area contributed by atoms with Crippen LogP contribution in [-0.4, -0.2) is 31.6 Å². The lowest BCUT2D eigenvalue weighted by Gasteiger charge is -2.16. The van der Waals surface area contributed by atoms with Crippen molar-refractivity contribution in [2.24, 2.45) is 11.8 Å². The van der Waals surface area contributed by atoms with Crippen molar-refractivity contribution in [1.29, 1.82) is 0 Å². The molecule has 0 aromatic heterocycles. The van der Waals surface area contributed by atoms with Crippen LogP contribution >= 0.6 is 0 Å². The first-order valence-electron chi connectivity index (χ1n) is 8.74. The maximum atomic E-state index is 12.6. The number of hydrogen-bond donors (Lipinski definition) is 1. The zero-order valence-corrected chi connectivity index (χ0v) is 14.6. The van der Waals surface area contributed by atoms with Crippen LogP contribution in [0.15, 0.2) is 36.4 Å². The summed E-state index contributed by atoms with van der Waals surface area (Å²) in [5.74, 6) is 0.956. The van der Waals surface area contributed by atoms with Gasteiger partial charge in [0.05, 0.1) is 25.7 Å². The second-order valence-corrected chi connectivity index (χ2v) is 6.85. The summed E-state index contributed by atoms with van der Waals surface area (Å²) in [7, 11) is 1.48. The predicted molar refractivity (Wildman–Crippen MR) is 91.7 cm³/mol. The number of esters is 1. The Morgan fingerprint density at radius 1 is 1.04 bits per heavy atom. The van der Waals surface area contributed by atoms with Gasteiger partial charge in [-0.3, -0.25) is 4.79 Å². The van der Waals surface area contributed by atoms with Gasteiger partial charge in [0.25, 0.3) is 0 Å². The van der Waals surface area contributed by atoms with Crippen LogP contribution in [0.4, 0.5) is 0 Å². The number of ether oxygens (including phenoxy) is 5. The number of phenols is 1. The van der Waals surface area contributed by atoms with E-state index in [1.807, 2.05) is 18.2 Å². The van der Waals surface area contributed by atoms with Crippen molar-refractivity contribution in [3.8, 4) is 23.0 Å². The van der Waals surface area contributed by atoms with Gasteiger partial charge in [0.1, 0.15) is 6.10 Å². The highest BCUT2D eigenvalue weighted by Gasteiger charge is 2.54. The van der Waals surface area contributed by atoms with Crippen LogP contribution in [0.25, 0.3) is 0 Å². The zero-order chi connectivity index (χ0) is 18.5. The quantitative estimate of drug-likeness (QED) is 0.832. The number of benzene rings is 2. The molecule has 2 aromatic rings. The van der Waals surface area contributed by atoms with E-state index >= 15 is 0 Å². The molecule has 7 nitrogen and oxygen atoms in total. The highest BCUT2D eigenvalue weighted by Crippen LogP contribution is 2.52. The van der Waals surface area contributed by atoms with Crippen molar-refractivity contribution in [2.45, 2.75) is 12.2 Å². The summed E-state index contributed by atoms with van der Waals surface area (Å²) < 4.78 is 27.6. The molecule has 0 amide bonds. The van der Waals surface area contributed by atoms with Gasteiger partial charge >= 0.3 is 5.97 Å². The minimum absolute atomic E-state index is 0.0445. The molecular weight excluding hydrogens is 352 g/mol. The molecule has 3 aliphatic heterocycles. The number of aromatic hydroxyl groups is 1. The van der Waals surface area contributed by atoms with E-state index < -0.39 is 12.0 Å². The molecular formula is C20H18O7. The molecule has 0 bridgehead atoms. The molecule has 140 valence electrons. The molecule has 4 atom stereocenters. The van der Waals surface area contributed by atoms with Crippen molar-refractivity contribution in [1.82, 2.24) is 0 Å². The minimum Gasteiger partial charge on any atom is -0.504 e. The van der Waals surface area contributed by atoms with Crippen molar-refractivity contribution < 1.29 is 33.6 Å². The first kappa shape index (κ1) is 16.3. The van der Waals surface area contributed by atoms with Gasteiger partial charge in [-0.25, -0.2) is 0 Å². The Bertz CT molecular complexity index is 900. The number of phenolic OH excluding ortho intramolecular Hbond substituents is 1. The van der Waals surface area contributed by atoms with Gasteiger partial charge in [-0.15, -0.1) is 0 Å². The normalized spacial score (nSPS) is 28.1. The number of rotatable bonds is 3. The fourth-order valence-corrected chi connectivity index (χ4v) is 4.09. The Balaban J connectivity index is 1.44. The SMILES string of the molecule is COc1cc([C@@H]2OCC3C2C(=O)O[C@H]3c2ccc3c(c2)OCO3)ccc1O. The van der Waals surface area contributed by atoms with Crippen molar-refractivity contribution in [3.63, 3.8) is 0 Å². The molecule has 0 spiro atoms. The van der Waals surface area contributed by atoms with E-state index in [2.05, 4.69) is 0 Å². The summed E-state index contributed by atoms with van der Waals surface area (Å²) in [6, 6.07) is 10.6.